The van der Waals surface area contributed by atoms with Crippen molar-refractivity contribution in [1.82, 2.24) is 5.32 Å². The van der Waals surface area contributed by atoms with Crippen LogP contribution in [-0.4, -0.2) is 18.0 Å². The maximum atomic E-state index is 12.2. The van der Waals surface area contributed by atoms with Crippen molar-refractivity contribution in [3.8, 4) is 0 Å². The van der Waals surface area contributed by atoms with E-state index in [1.807, 2.05) is 31.2 Å². The standard InChI is InChI=1S/C20H18ClNO4/c1-12-3-5-14(6-4-12)11-22-19(23)13(2)25-20(24)18-10-15-9-16(21)7-8-17(15)26-18/h3-10,13H,11H2,1-2H3,(H,22,23)/t13-/m0/s1. The van der Waals surface area contributed by atoms with Crippen molar-refractivity contribution in [2.45, 2.75) is 26.5 Å². The van der Waals surface area contributed by atoms with Crippen LogP contribution in [0.2, 0.25) is 5.02 Å². The Morgan fingerprint density at radius 2 is 1.88 bits per heavy atom. The third-order valence-corrected chi connectivity index (χ3v) is 4.16. The topological polar surface area (TPSA) is 68.5 Å². The summed E-state index contributed by atoms with van der Waals surface area (Å²) in [6.07, 6.45) is -0.940. The molecule has 0 bridgehead atoms. The summed E-state index contributed by atoms with van der Waals surface area (Å²) in [6.45, 7) is 3.88. The van der Waals surface area contributed by atoms with Gasteiger partial charge in [0.2, 0.25) is 5.76 Å². The molecule has 0 aliphatic carbocycles. The minimum Gasteiger partial charge on any atom is -0.449 e. The molecule has 3 aromatic rings. The van der Waals surface area contributed by atoms with E-state index < -0.39 is 12.1 Å². The Kier molecular flexibility index (Phi) is 5.28. The maximum Gasteiger partial charge on any atom is 0.375 e. The highest BCUT2D eigenvalue weighted by atomic mass is 35.5. The van der Waals surface area contributed by atoms with Crippen LogP contribution >= 0.6 is 11.6 Å². The van der Waals surface area contributed by atoms with Crippen LogP contribution in [0.15, 0.2) is 52.9 Å². The highest BCUT2D eigenvalue weighted by molar-refractivity contribution is 6.31. The molecule has 0 saturated carbocycles. The van der Waals surface area contributed by atoms with Gasteiger partial charge in [-0.1, -0.05) is 41.4 Å². The molecule has 6 heteroatoms. The Hall–Kier alpha value is -2.79. The number of rotatable bonds is 5. The van der Waals surface area contributed by atoms with E-state index in [9.17, 15) is 9.59 Å². The highest BCUT2D eigenvalue weighted by Gasteiger charge is 2.21. The van der Waals surface area contributed by atoms with Crippen molar-refractivity contribution in [1.29, 1.82) is 0 Å². The summed E-state index contributed by atoms with van der Waals surface area (Å²) >= 11 is 5.92. The predicted molar refractivity (Wildman–Crippen MR) is 99.1 cm³/mol. The molecule has 1 aromatic heterocycles. The van der Waals surface area contributed by atoms with Gasteiger partial charge in [0.1, 0.15) is 5.58 Å². The first-order valence-electron chi connectivity index (χ1n) is 8.16. The van der Waals surface area contributed by atoms with Crippen molar-refractivity contribution in [3.63, 3.8) is 0 Å². The number of aryl methyl sites for hydroxylation is 1. The average molecular weight is 372 g/mol. The smallest absolute Gasteiger partial charge is 0.375 e. The predicted octanol–water partition coefficient (Wildman–Crippen LogP) is 4.26. The summed E-state index contributed by atoms with van der Waals surface area (Å²) in [7, 11) is 0. The summed E-state index contributed by atoms with van der Waals surface area (Å²) in [6, 6.07) is 14.4. The molecule has 5 nitrogen and oxygen atoms in total. The molecule has 2 aromatic carbocycles. The maximum absolute atomic E-state index is 12.2. The van der Waals surface area contributed by atoms with Crippen LogP contribution in [-0.2, 0) is 16.1 Å². The molecule has 0 saturated heterocycles. The second-order valence-electron chi connectivity index (χ2n) is 6.04. The lowest BCUT2D eigenvalue weighted by Crippen LogP contribution is -2.35. The zero-order valence-electron chi connectivity index (χ0n) is 14.4. The lowest BCUT2D eigenvalue weighted by molar-refractivity contribution is -0.129. The van der Waals surface area contributed by atoms with E-state index in [0.29, 0.717) is 22.5 Å². The molecule has 0 radical (unpaired) electrons. The zero-order valence-corrected chi connectivity index (χ0v) is 15.2. The molecule has 0 aliphatic rings. The number of esters is 1. The van der Waals surface area contributed by atoms with E-state index in [2.05, 4.69) is 5.32 Å². The number of ether oxygens (including phenoxy) is 1. The number of amides is 1. The molecule has 134 valence electrons. The lowest BCUT2D eigenvalue weighted by atomic mass is 10.1. The Bertz CT molecular complexity index is 946. The van der Waals surface area contributed by atoms with Crippen molar-refractivity contribution in [2.24, 2.45) is 0 Å². The van der Waals surface area contributed by atoms with Gasteiger partial charge in [0, 0.05) is 17.0 Å². The van der Waals surface area contributed by atoms with Gasteiger partial charge >= 0.3 is 5.97 Å². The number of nitrogens with one attached hydrogen (secondary N) is 1. The van der Waals surface area contributed by atoms with Gasteiger partial charge in [-0.15, -0.1) is 0 Å². The fraction of sp³-hybridized carbons (Fsp3) is 0.200. The summed E-state index contributed by atoms with van der Waals surface area (Å²) in [4.78, 5) is 24.3. The molecular formula is C20H18ClNO4. The first-order valence-corrected chi connectivity index (χ1v) is 8.53. The molecule has 3 rings (SSSR count). The fourth-order valence-electron chi connectivity index (χ4n) is 2.43. The van der Waals surface area contributed by atoms with Gasteiger partial charge in [-0.3, -0.25) is 4.79 Å². The number of fused-ring (bicyclic) bond motifs is 1. The van der Waals surface area contributed by atoms with E-state index >= 15 is 0 Å². The first-order chi connectivity index (χ1) is 12.4. The number of carbonyl (C=O) groups excluding carboxylic acids is 2. The molecule has 26 heavy (non-hydrogen) atoms. The van der Waals surface area contributed by atoms with Crippen molar-refractivity contribution in [3.05, 3.63) is 70.4 Å². The first kappa shape index (κ1) is 18.0. The van der Waals surface area contributed by atoms with Crippen LogP contribution < -0.4 is 5.32 Å². The van der Waals surface area contributed by atoms with Gasteiger partial charge < -0.3 is 14.5 Å². The normalized spacial score (nSPS) is 12.0. The van der Waals surface area contributed by atoms with Crippen LogP contribution in [0, 0.1) is 6.92 Å². The van der Waals surface area contributed by atoms with Crippen molar-refractivity contribution < 1.29 is 18.7 Å². The number of carbonyl (C=O) groups is 2. The number of hydrogen-bond donors (Lipinski definition) is 1. The van der Waals surface area contributed by atoms with Crippen LogP contribution in [0.25, 0.3) is 11.0 Å². The monoisotopic (exact) mass is 371 g/mol. The van der Waals surface area contributed by atoms with Gasteiger partial charge in [0.15, 0.2) is 6.10 Å². The molecule has 1 atom stereocenters. The molecule has 0 unspecified atom stereocenters. The molecular weight excluding hydrogens is 354 g/mol. The summed E-state index contributed by atoms with van der Waals surface area (Å²) in [5.41, 5.74) is 2.64. The van der Waals surface area contributed by atoms with Gasteiger partial charge in [-0.2, -0.15) is 0 Å². The molecule has 0 aliphatic heterocycles. The lowest BCUT2D eigenvalue weighted by Gasteiger charge is -2.12. The SMILES string of the molecule is Cc1ccc(CNC(=O)[C@H](C)OC(=O)c2cc3cc(Cl)ccc3o2)cc1. The average Bonchev–Trinajstić information content (AvgIpc) is 3.04. The number of hydrogen-bond acceptors (Lipinski definition) is 4. The Labute approximate surface area is 155 Å². The van der Waals surface area contributed by atoms with Crippen LogP contribution in [0.5, 0.6) is 0 Å². The van der Waals surface area contributed by atoms with Gasteiger partial charge in [0.25, 0.3) is 5.91 Å². The third kappa shape index (κ3) is 4.24. The Morgan fingerprint density at radius 1 is 1.15 bits per heavy atom. The van der Waals surface area contributed by atoms with E-state index in [0.717, 1.165) is 11.1 Å². The van der Waals surface area contributed by atoms with Gasteiger partial charge in [-0.25, -0.2) is 4.79 Å². The Morgan fingerprint density at radius 3 is 2.62 bits per heavy atom. The molecule has 1 amide bonds. The van der Waals surface area contributed by atoms with Crippen LogP contribution in [0.3, 0.4) is 0 Å². The van der Waals surface area contributed by atoms with Crippen molar-refractivity contribution in [2.75, 3.05) is 0 Å². The largest absolute Gasteiger partial charge is 0.449 e. The van der Waals surface area contributed by atoms with E-state index in [4.69, 9.17) is 20.8 Å². The van der Waals surface area contributed by atoms with Crippen LogP contribution in [0.4, 0.5) is 0 Å². The molecule has 1 N–H and O–H groups in total. The van der Waals surface area contributed by atoms with E-state index in [1.54, 1.807) is 24.3 Å². The molecule has 1 heterocycles. The fourth-order valence-corrected chi connectivity index (χ4v) is 2.61. The van der Waals surface area contributed by atoms with Crippen molar-refractivity contribution >= 4 is 34.4 Å². The highest BCUT2D eigenvalue weighted by Crippen LogP contribution is 2.23. The summed E-state index contributed by atoms with van der Waals surface area (Å²) < 4.78 is 10.6. The third-order valence-electron chi connectivity index (χ3n) is 3.92. The van der Waals surface area contributed by atoms with Gasteiger partial charge in [0.05, 0.1) is 0 Å². The minimum atomic E-state index is -0.940. The van der Waals surface area contributed by atoms with E-state index in [1.165, 1.54) is 6.92 Å². The number of halogens is 1. The van der Waals surface area contributed by atoms with Crippen LogP contribution in [0.1, 0.15) is 28.6 Å². The zero-order chi connectivity index (χ0) is 18.7. The van der Waals surface area contributed by atoms with E-state index in [-0.39, 0.29) is 11.7 Å². The molecule has 0 spiro atoms. The number of benzene rings is 2. The minimum absolute atomic E-state index is 0.0282. The van der Waals surface area contributed by atoms with Gasteiger partial charge in [-0.05, 0) is 43.7 Å². The summed E-state index contributed by atoms with van der Waals surface area (Å²) in [5, 5.41) is 3.98. The Balaban J connectivity index is 1.58. The second kappa shape index (κ2) is 7.62. The second-order valence-corrected chi connectivity index (χ2v) is 6.48. The number of furan rings is 1. The molecule has 0 fully saturated rings. The quantitative estimate of drug-likeness (QED) is 0.680. The summed E-state index contributed by atoms with van der Waals surface area (Å²) in [5.74, 6) is -1.05.